The van der Waals surface area contributed by atoms with Crippen molar-refractivity contribution in [2.24, 2.45) is 11.8 Å². The van der Waals surface area contributed by atoms with Crippen LogP contribution in [0.1, 0.15) is 32.6 Å². The van der Waals surface area contributed by atoms with Gasteiger partial charge in [0.25, 0.3) is 0 Å². The maximum atomic E-state index is 12.0. The van der Waals surface area contributed by atoms with Crippen LogP contribution in [0.3, 0.4) is 0 Å². The van der Waals surface area contributed by atoms with Gasteiger partial charge in [0, 0.05) is 5.92 Å². The number of hydrogen-bond acceptors (Lipinski definition) is 4. The van der Waals surface area contributed by atoms with Crippen molar-refractivity contribution in [2.75, 3.05) is 0 Å². The van der Waals surface area contributed by atoms with Crippen molar-refractivity contribution < 1.29 is 71.2 Å². The Kier molecular flexibility index (Phi) is 4.60. The van der Waals surface area contributed by atoms with Crippen LogP contribution in [0.4, 0.5) is 0 Å². The number of hydrogen-bond donors (Lipinski definition) is 1. The van der Waals surface area contributed by atoms with Crippen molar-refractivity contribution >= 4 is 11.9 Å². The first kappa shape index (κ1) is 15.7. The summed E-state index contributed by atoms with van der Waals surface area (Å²) in [6.07, 6.45) is 2.95. The Morgan fingerprint density at radius 3 is 2.74 bits per heavy atom. The van der Waals surface area contributed by atoms with Gasteiger partial charge in [0.05, 0.1) is 29.7 Å². The summed E-state index contributed by atoms with van der Waals surface area (Å²) < 4.78 is 0. The molecule has 0 radical (unpaired) electrons. The van der Waals surface area contributed by atoms with Crippen molar-refractivity contribution in [3.63, 3.8) is 0 Å². The molecule has 2 fully saturated rings. The fraction of sp³-hybridized carbons (Fsp3) is 0.692. The van der Waals surface area contributed by atoms with Gasteiger partial charge in [-0.15, -0.1) is 0 Å². The van der Waals surface area contributed by atoms with Crippen LogP contribution in [-0.2, 0) is 9.59 Å². The van der Waals surface area contributed by atoms with E-state index in [4.69, 9.17) is 0 Å². The van der Waals surface area contributed by atoms with E-state index in [0.29, 0.717) is 0 Å². The van der Waals surface area contributed by atoms with Crippen LogP contribution in [0.5, 0.6) is 0 Å². The molecule has 6 heteroatoms. The van der Waals surface area contributed by atoms with E-state index in [2.05, 4.69) is 0 Å². The van der Waals surface area contributed by atoms with Crippen LogP contribution in [0, 0.1) is 11.8 Å². The number of aliphatic carboxylic acids is 1. The van der Waals surface area contributed by atoms with Gasteiger partial charge in [0.1, 0.15) is 0 Å². The fourth-order valence-electron chi connectivity index (χ4n) is 3.81. The largest absolute Gasteiger partial charge is 1.00 e. The van der Waals surface area contributed by atoms with E-state index in [1.165, 1.54) is 4.90 Å². The molecule has 19 heavy (non-hydrogen) atoms. The predicted octanol–water partition coefficient (Wildman–Crippen LogP) is -3.59. The molecular formula is C13H16KNO4. The molecule has 1 amide bonds. The SMILES string of the molecule is CC(O)C1C(=O)N2C(C(=O)[O-])=C3CCCCC3C12.[K+]. The number of carboxylic acid groups (broad SMARTS) is 1. The second-order valence-electron chi connectivity index (χ2n) is 5.48. The average molecular weight is 289 g/mol. The van der Waals surface area contributed by atoms with Crippen molar-refractivity contribution in [2.45, 2.75) is 44.8 Å². The van der Waals surface area contributed by atoms with Crippen molar-refractivity contribution in [1.29, 1.82) is 0 Å². The van der Waals surface area contributed by atoms with E-state index < -0.39 is 18.0 Å². The molecule has 0 aromatic rings. The summed E-state index contributed by atoms with van der Waals surface area (Å²) in [4.78, 5) is 24.6. The quantitative estimate of drug-likeness (QED) is 0.421. The molecule has 0 bridgehead atoms. The molecule has 4 unspecified atom stereocenters. The number of β-lactam (4-membered cyclic amide) rings is 1. The zero-order chi connectivity index (χ0) is 13.0. The van der Waals surface area contributed by atoms with E-state index in [0.717, 1.165) is 31.3 Å². The van der Waals surface area contributed by atoms with Crippen molar-refractivity contribution in [1.82, 2.24) is 4.90 Å². The summed E-state index contributed by atoms with van der Waals surface area (Å²) in [7, 11) is 0. The minimum Gasteiger partial charge on any atom is -0.543 e. The number of amides is 1. The number of rotatable bonds is 2. The molecule has 0 spiro atoms. The standard InChI is InChI=1S/C13H17NO4.K/c1-6(15)9-10-7-4-2-3-5-8(7)11(13(17)18)14(10)12(9)16;/h6-7,9-10,15H,2-5H2,1H3,(H,17,18);/q;+1/p-1. The summed E-state index contributed by atoms with van der Waals surface area (Å²) in [5.74, 6) is -1.85. The van der Waals surface area contributed by atoms with Crippen molar-refractivity contribution in [3.05, 3.63) is 11.3 Å². The molecule has 1 N–H and O–H groups in total. The van der Waals surface area contributed by atoms with Crippen LogP contribution < -0.4 is 56.5 Å². The Morgan fingerprint density at radius 2 is 2.16 bits per heavy atom. The van der Waals surface area contributed by atoms with Crippen LogP contribution >= 0.6 is 0 Å². The second kappa shape index (κ2) is 5.58. The topological polar surface area (TPSA) is 80.7 Å². The molecule has 1 aliphatic carbocycles. The molecule has 1 saturated heterocycles. The molecule has 1 saturated carbocycles. The Balaban J connectivity index is 0.00000133. The van der Waals surface area contributed by atoms with Gasteiger partial charge >= 0.3 is 51.4 Å². The van der Waals surface area contributed by atoms with Gasteiger partial charge < -0.3 is 19.9 Å². The Hall–Kier alpha value is 0.276. The molecule has 4 atom stereocenters. The molecule has 0 aromatic heterocycles. The summed E-state index contributed by atoms with van der Waals surface area (Å²) >= 11 is 0. The zero-order valence-corrected chi connectivity index (χ0v) is 14.4. The molecule has 5 nitrogen and oxygen atoms in total. The van der Waals surface area contributed by atoms with Gasteiger partial charge in [-0.25, -0.2) is 0 Å². The summed E-state index contributed by atoms with van der Waals surface area (Å²) in [5, 5.41) is 20.9. The monoisotopic (exact) mass is 289 g/mol. The third-order valence-corrected chi connectivity index (χ3v) is 4.52. The molecule has 2 heterocycles. The van der Waals surface area contributed by atoms with Crippen molar-refractivity contribution in [3.8, 4) is 0 Å². The molecule has 98 valence electrons. The molecular weight excluding hydrogens is 273 g/mol. The van der Waals surface area contributed by atoms with Gasteiger partial charge in [-0.05, 0) is 31.8 Å². The maximum Gasteiger partial charge on any atom is 1.00 e. The normalized spacial score (nSPS) is 34.1. The van der Waals surface area contributed by atoms with Gasteiger partial charge in [0.15, 0.2) is 0 Å². The number of aliphatic hydroxyl groups excluding tert-OH is 1. The van der Waals surface area contributed by atoms with Gasteiger partial charge in [-0.2, -0.15) is 0 Å². The summed E-state index contributed by atoms with van der Waals surface area (Å²) in [5.41, 5.74) is 0.953. The van der Waals surface area contributed by atoms with Crippen LogP contribution in [0.25, 0.3) is 0 Å². The third-order valence-electron chi connectivity index (χ3n) is 4.52. The third kappa shape index (κ3) is 2.17. The summed E-state index contributed by atoms with van der Waals surface area (Å²) in [6.45, 7) is 1.60. The maximum absolute atomic E-state index is 12.0. The van der Waals surface area contributed by atoms with Crippen LogP contribution in [0.2, 0.25) is 0 Å². The Labute approximate surface area is 154 Å². The molecule has 3 rings (SSSR count). The predicted molar refractivity (Wildman–Crippen MR) is 59.8 cm³/mol. The Morgan fingerprint density at radius 1 is 1.47 bits per heavy atom. The smallest absolute Gasteiger partial charge is 0.543 e. The molecule has 3 aliphatic rings. The van der Waals surface area contributed by atoms with Gasteiger partial charge in [-0.3, -0.25) is 4.79 Å². The Bertz CT molecular complexity index is 460. The van der Waals surface area contributed by atoms with E-state index in [9.17, 15) is 19.8 Å². The minimum atomic E-state index is -1.25. The van der Waals surface area contributed by atoms with Crippen LogP contribution in [0.15, 0.2) is 11.3 Å². The molecule has 0 aromatic carbocycles. The van der Waals surface area contributed by atoms with E-state index in [-0.39, 0.29) is 74.9 Å². The number of carboxylic acids is 1. The second-order valence-corrected chi connectivity index (χ2v) is 5.48. The zero-order valence-electron chi connectivity index (χ0n) is 11.3. The fourth-order valence-corrected chi connectivity index (χ4v) is 3.81. The number of carbonyl (C=O) groups excluding carboxylic acids is 2. The number of carbonyl (C=O) groups is 2. The first-order valence-corrected chi connectivity index (χ1v) is 6.49. The van der Waals surface area contributed by atoms with E-state index >= 15 is 0 Å². The first-order valence-electron chi connectivity index (χ1n) is 6.49. The number of fused-ring (bicyclic) bond motifs is 3. The first-order chi connectivity index (χ1) is 8.54. The van der Waals surface area contributed by atoms with E-state index in [1.54, 1.807) is 6.92 Å². The van der Waals surface area contributed by atoms with Gasteiger partial charge in [-0.1, -0.05) is 6.42 Å². The minimum absolute atomic E-state index is 0. The summed E-state index contributed by atoms with van der Waals surface area (Å²) in [6, 6.07) is -0.152. The number of nitrogens with zero attached hydrogens (tertiary/aromatic N) is 1. The molecule has 2 aliphatic heterocycles. The average Bonchev–Trinajstić information content (AvgIpc) is 2.60. The van der Waals surface area contributed by atoms with Gasteiger partial charge in [0.2, 0.25) is 5.91 Å². The van der Waals surface area contributed by atoms with E-state index in [1.807, 2.05) is 0 Å². The van der Waals surface area contributed by atoms with Crippen LogP contribution in [-0.4, -0.2) is 34.0 Å². The number of aliphatic hydroxyl groups is 1.